The average molecular weight is 353 g/mol. The molecule has 1 aromatic rings. The van der Waals surface area contributed by atoms with Crippen molar-refractivity contribution in [2.24, 2.45) is 0 Å². The number of hydrogen-bond acceptors (Lipinski definition) is 5. The van der Waals surface area contributed by atoms with Crippen LogP contribution in [0.5, 0.6) is 0 Å². The van der Waals surface area contributed by atoms with Crippen molar-refractivity contribution in [1.29, 1.82) is 0 Å². The van der Waals surface area contributed by atoms with Crippen LogP contribution in [0.1, 0.15) is 31.1 Å². The fourth-order valence-corrected chi connectivity index (χ4v) is 2.35. The molecule has 0 aliphatic carbocycles. The summed E-state index contributed by atoms with van der Waals surface area (Å²) in [6.07, 6.45) is -1.05. The maximum atomic E-state index is 12.2. The molecule has 24 heavy (non-hydrogen) atoms. The summed E-state index contributed by atoms with van der Waals surface area (Å²) in [5.41, 5.74) is -0.724. The van der Waals surface area contributed by atoms with Crippen LogP contribution in [0.2, 0.25) is 5.02 Å². The Morgan fingerprint density at radius 1 is 1.25 bits per heavy atom. The van der Waals surface area contributed by atoms with Crippen LogP contribution in [-0.2, 0) is 14.3 Å². The first-order chi connectivity index (χ1) is 11.1. The molecule has 0 unspecified atom stereocenters. The van der Waals surface area contributed by atoms with Crippen molar-refractivity contribution in [3.8, 4) is 0 Å². The Kier molecular flexibility index (Phi) is 4.94. The molecule has 1 aliphatic heterocycles. The molecule has 7 nitrogen and oxygen atoms in total. The molecule has 0 bridgehead atoms. The lowest BCUT2D eigenvalue weighted by Crippen LogP contribution is -2.41. The number of carbonyl (C=O) groups excluding carboxylic acids is 4. The molecule has 8 heteroatoms. The van der Waals surface area contributed by atoms with Crippen LogP contribution in [0.15, 0.2) is 24.3 Å². The van der Waals surface area contributed by atoms with E-state index in [0.717, 1.165) is 4.90 Å². The Labute approximate surface area is 143 Å². The van der Waals surface area contributed by atoms with Crippen molar-refractivity contribution in [2.45, 2.75) is 32.4 Å². The number of ketones is 1. The fraction of sp³-hybridized carbons (Fsp3) is 0.375. The Morgan fingerprint density at radius 3 is 2.33 bits per heavy atom. The van der Waals surface area contributed by atoms with E-state index in [1.165, 1.54) is 32.9 Å². The molecule has 3 amide bonds. The molecule has 0 saturated carbocycles. The summed E-state index contributed by atoms with van der Waals surface area (Å²) < 4.78 is 5.03. The molecule has 1 aromatic carbocycles. The third kappa shape index (κ3) is 3.73. The van der Waals surface area contributed by atoms with Gasteiger partial charge in [0.1, 0.15) is 12.1 Å². The standard InChI is InChI=1S/C16H17ClN2O5/c1-9(13(21)10-4-6-11(17)7-5-10)24-12(20)8-19-14(22)16(2,3)18-15(19)23/h4-7,9H,8H2,1-3H3,(H,18,23)/t9-/m1/s1. The van der Waals surface area contributed by atoms with Gasteiger partial charge in [-0.3, -0.25) is 19.3 Å². The van der Waals surface area contributed by atoms with E-state index >= 15 is 0 Å². The van der Waals surface area contributed by atoms with E-state index in [0.29, 0.717) is 10.6 Å². The van der Waals surface area contributed by atoms with Gasteiger partial charge in [0.25, 0.3) is 5.91 Å². The maximum absolute atomic E-state index is 12.2. The van der Waals surface area contributed by atoms with Crippen molar-refractivity contribution in [1.82, 2.24) is 10.2 Å². The average Bonchev–Trinajstić information content (AvgIpc) is 2.69. The van der Waals surface area contributed by atoms with Gasteiger partial charge < -0.3 is 10.1 Å². The SMILES string of the molecule is C[C@@H](OC(=O)CN1C(=O)NC(C)(C)C1=O)C(=O)c1ccc(Cl)cc1. The number of hydrogen-bond donors (Lipinski definition) is 1. The smallest absolute Gasteiger partial charge is 0.326 e. The van der Waals surface area contributed by atoms with Crippen LogP contribution in [-0.4, -0.2) is 46.8 Å². The van der Waals surface area contributed by atoms with E-state index in [1.54, 1.807) is 12.1 Å². The number of esters is 1. The molecule has 1 atom stereocenters. The number of rotatable bonds is 5. The first-order valence-electron chi connectivity index (χ1n) is 7.25. The first-order valence-corrected chi connectivity index (χ1v) is 7.63. The van der Waals surface area contributed by atoms with Gasteiger partial charge in [0.05, 0.1) is 0 Å². The number of ether oxygens (including phenoxy) is 1. The molecule has 0 radical (unpaired) electrons. The zero-order chi connectivity index (χ0) is 18.1. The second kappa shape index (κ2) is 6.60. The Bertz CT molecular complexity index is 699. The van der Waals surface area contributed by atoms with Crippen LogP contribution < -0.4 is 5.32 Å². The molecule has 1 N–H and O–H groups in total. The lowest BCUT2D eigenvalue weighted by atomic mass is 10.1. The van der Waals surface area contributed by atoms with Crippen molar-refractivity contribution >= 4 is 35.3 Å². The maximum Gasteiger partial charge on any atom is 0.326 e. The highest BCUT2D eigenvalue weighted by atomic mass is 35.5. The number of carbonyl (C=O) groups is 4. The number of halogens is 1. The Hall–Kier alpha value is -2.41. The molecule has 128 valence electrons. The number of Topliss-reactive ketones (excluding diaryl/α,β-unsaturated/α-hetero) is 1. The second-order valence-electron chi connectivity index (χ2n) is 5.95. The van der Waals surface area contributed by atoms with E-state index in [9.17, 15) is 19.2 Å². The van der Waals surface area contributed by atoms with Crippen molar-refractivity contribution in [3.63, 3.8) is 0 Å². The third-order valence-corrected chi connectivity index (χ3v) is 3.79. The summed E-state index contributed by atoms with van der Waals surface area (Å²) in [6, 6.07) is 5.49. The van der Waals surface area contributed by atoms with Crippen LogP contribution in [0.4, 0.5) is 4.79 Å². The lowest BCUT2D eigenvalue weighted by Gasteiger charge is -2.17. The minimum Gasteiger partial charge on any atom is -0.453 e. The van der Waals surface area contributed by atoms with Gasteiger partial charge in [-0.05, 0) is 45.0 Å². The molecular weight excluding hydrogens is 336 g/mol. The van der Waals surface area contributed by atoms with E-state index < -0.39 is 41.9 Å². The van der Waals surface area contributed by atoms with E-state index in [2.05, 4.69) is 5.32 Å². The van der Waals surface area contributed by atoms with Crippen LogP contribution >= 0.6 is 11.6 Å². The summed E-state index contributed by atoms with van der Waals surface area (Å²) in [5, 5.41) is 2.94. The summed E-state index contributed by atoms with van der Waals surface area (Å²) in [4.78, 5) is 48.6. The summed E-state index contributed by atoms with van der Waals surface area (Å²) in [7, 11) is 0. The molecule has 2 rings (SSSR count). The van der Waals surface area contributed by atoms with E-state index in [1.807, 2.05) is 0 Å². The molecule has 0 spiro atoms. The molecule has 1 saturated heterocycles. The van der Waals surface area contributed by atoms with Crippen molar-refractivity contribution in [3.05, 3.63) is 34.9 Å². The molecule has 1 fully saturated rings. The molecule has 1 aliphatic rings. The summed E-state index contributed by atoms with van der Waals surface area (Å²) >= 11 is 5.75. The number of amides is 3. The third-order valence-electron chi connectivity index (χ3n) is 3.54. The number of benzene rings is 1. The monoisotopic (exact) mass is 352 g/mol. The topological polar surface area (TPSA) is 92.8 Å². The first kappa shape index (κ1) is 17.9. The highest BCUT2D eigenvalue weighted by Gasteiger charge is 2.45. The van der Waals surface area contributed by atoms with Gasteiger partial charge in [-0.25, -0.2) is 4.79 Å². The second-order valence-corrected chi connectivity index (χ2v) is 6.39. The number of imide groups is 1. The molecule has 1 heterocycles. The van der Waals surface area contributed by atoms with Gasteiger partial charge in [0.15, 0.2) is 6.10 Å². The number of urea groups is 1. The zero-order valence-electron chi connectivity index (χ0n) is 13.5. The number of nitrogens with zero attached hydrogens (tertiary/aromatic N) is 1. The minimum absolute atomic E-state index is 0.343. The molecular formula is C16H17ClN2O5. The van der Waals surface area contributed by atoms with Gasteiger partial charge in [-0.15, -0.1) is 0 Å². The van der Waals surface area contributed by atoms with E-state index in [4.69, 9.17) is 16.3 Å². The highest BCUT2D eigenvalue weighted by molar-refractivity contribution is 6.30. The largest absolute Gasteiger partial charge is 0.453 e. The van der Waals surface area contributed by atoms with Gasteiger partial charge in [0, 0.05) is 10.6 Å². The van der Waals surface area contributed by atoms with Crippen molar-refractivity contribution < 1.29 is 23.9 Å². The zero-order valence-corrected chi connectivity index (χ0v) is 14.2. The van der Waals surface area contributed by atoms with Crippen molar-refractivity contribution in [2.75, 3.05) is 6.54 Å². The van der Waals surface area contributed by atoms with Crippen LogP contribution in [0.25, 0.3) is 0 Å². The summed E-state index contributed by atoms with van der Waals surface area (Å²) in [6.45, 7) is 3.94. The number of nitrogens with one attached hydrogen (secondary N) is 1. The Morgan fingerprint density at radius 2 is 1.83 bits per heavy atom. The minimum atomic E-state index is -1.07. The summed E-state index contributed by atoms with van der Waals surface area (Å²) in [5.74, 6) is -1.77. The van der Waals surface area contributed by atoms with Gasteiger partial charge in [-0.2, -0.15) is 0 Å². The normalized spacial score (nSPS) is 17.4. The van der Waals surface area contributed by atoms with Crippen LogP contribution in [0.3, 0.4) is 0 Å². The van der Waals surface area contributed by atoms with E-state index in [-0.39, 0.29) is 0 Å². The van der Waals surface area contributed by atoms with Gasteiger partial charge >= 0.3 is 12.0 Å². The molecule has 0 aromatic heterocycles. The highest BCUT2D eigenvalue weighted by Crippen LogP contribution is 2.17. The Balaban J connectivity index is 1.97. The van der Waals surface area contributed by atoms with Crippen LogP contribution in [0, 0.1) is 0 Å². The fourth-order valence-electron chi connectivity index (χ4n) is 2.23. The predicted octanol–water partition coefficient (Wildman–Crippen LogP) is 1.78. The predicted molar refractivity (Wildman–Crippen MR) is 85.7 cm³/mol. The quantitative estimate of drug-likeness (QED) is 0.495. The van der Waals surface area contributed by atoms with Gasteiger partial charge in [-0.1, -0.05) is 11.6 Å². The van der Waals surface area contributed by atoms with Gasteiger partial charge in [0.2, 0.25) is 5.78 Å². The lowest BCUT2D eigenvalue weighted by molar-refractivity contribution is -0.149.